The molecular formula is C21H26N2O3S. The number of aromatic nitrogens is 2. The molecule has 2 heterocycles. The van der Waals surface area contributed by atoms with E-state index in [0.717, 1.165) is 41.8 Å². The van der Waals surface area contributed by atoms with Crippen molar-refractivity contribution in [2.24, 2.45) is 11.3 Å². The lowest BCUT2D eigenvalue weighted by molar-refractivity contribution is 0.0687. The minimum atomic E-state index is -1.23. The van der Waals surface area contributed by atoms with E-state index in [1.54, 1.807) is 0 Å². The maximum atomic E-state index is 12.6. The summed E-state index contributed by atoms with van der Waals surface area (Å²) in [7, 11) is -1.23. The van der Waals surface area contributed by atoms with Crippen LogP contribution in [0, 0.1) is 11.3 Å². The lowest BCUT2D eigenvalue weighted by atomic mass is 9.71. The van der Waals surface area contributed by atoms with Gasteiger partial charge >= 0.3 is 5.97 Å². The fourth-order valence-electron chi connectivity index (χ4n) is 4.58. The molecule has 1 aliphatic heterocycles. The number of aromatic carboxylic acids is 1. The van der Waals surface area contributed by atoms with Crippen molar-refractivity contribution >= 4 is 16.8 Å². The summed E-state index contributed by atoms with van der Waals surface area (Å²) >= 11 is 0. The maximum Gasteiger partial charge on any atom is 0.356 e. The lowest BCUT2D eigenvalue weighted by Crippen LogP contribution is -2.28. The molecule has 1 saturated carbocycles. The molecule has 0 radical (unpaired) electrons. The molecule has 1 unspecified atom stereocenters. The Morgan fingerprint density at radius 2 is 1.85 bits per heavy atom. The molecule has 0 saturated heterocycles. The van der Waals surface area contributed by atoms with Gasteiger partial charge in [-0.2, -0.15) is 5.10 Å². The van der Waals surface area contributed by atoms with Crippen LogP contribution in [0.5, 0.6) is 0 Å². The van der Waals surface area contributed by atoms with Gasteiger partial charge in [0.15, 0.2) is 5.69 Å². The predicted octanol–water partition coefficient (Wildman–Crippen LogP) is 4.65. The topological polar surface area (TPSA) is 72.2 Å². The first-order valence-corrected chi connectivity index (χ1v) is 10.9. The van der Waals surface area contributed by atoms with Crippen LogP contribution >= 0.6 is 0 Å². The smallest absolute Gasteiger partial charge is 0.356 e. The summed E-state index contributed by atoms with van der Waals surface area (Å²) in [5.41, 5.74) is 2.71. The summed E-state index contributed by atoms with van der Waals surface area (Å²) < 4.78 is 14.6. The highest BCUT2D eigenvalue weighted by atomic mass is 32.2. The highest BCUT2D eigenvalue weighted by Gasteiger charge is 2.36. The Morgan fingerprint density at radius 3 is 2.48 bits per heavy atom. The van der Waals surface area contributed by atoms with Crippen LogP contribution in [0.3, 0.4) is 0 Å². The zero-order chi connectivity index (χ0) is 19.3. The van der Waals surface area contributed by atoms with Crippen LogP contribution in [0.25, 0.3) is 11.3 Å². The van der Waals surface area contributed by atoms with Crippen molar-refractivity contribution in [3.05, 3.63) is 35.5 Å². The molecule has 0 spiro atoms. The van der Waals surface area contributed by atoms with Crippen LogP contribution in [0.1, 0.15) is 68.5 Å². The van der Waals surface area contributed by atoms with Gasteiger partial charge in [-0.05, 0) is 43.1 Å². The molecule has 1 fully saturated rings. The number of rotatable bonds is 2. The molecule has 1 aromatic heterocycles. The fourth-order valence-corrected chi connectivity index (χ4v) is 5.91. The molecule has 2 aromatic rings. The normalized spacial score (nSPS) is 24.9. The van der Waals surface area contributed by atoms with Crippen LogP contribution < -0.4 is 0 Å². The van der Waals surface area contributed by atoms with Gasteiger partial charge in [0.25, 0.3) is 0 Å². The van der Waals surface area contributed by atoms with Crippen molar-refractivity contribution in [3.8, 4) is 11.3 Å². The number of hydrogen-bond donors (Lipinski definition) is 1. The van der Waals surface area contributed by atoms with Gasteiger partial charge in [-0.25, -0.2) is 4.79 Å². The summed E-state index contributed by atoms with van der Waals surface area (Å²) in [5, 5.41) is 14.2. The molecule has 1 aromatic carbocycles. The molecular weight excluding hydrogens is 360 g/mol. The van der Waals surface area contributed by atoms with Gasteiger partial charge in [0.1, 0.15) is 0 Å². The molecule has 0 amide bonds. The van der Waals surface area contributed by atoms with Crippen molar-refractivity contribution in [1.82, 2.24) is 9.78 Å². The van der Waals surface area contributed by atoms with E-state index < -0.39 is 16.8 Å². The lowest BCUT2D eigenvalue weighted by Gasteiger charge is -2.37. The molecule has 144 valence electrons. The van der Waals surface area contributed by atoms with Gasteiger partial charge in [0, 0.05) is 16.0 Å². The Balaban J connectivity index is 1.77. The summed E-state index contributed by atoms with van der Waals surface area (Å²) in [4.78, 5) is 12.6. The van der Waals surface area contributed by atoms with Crippen LogP contribution in [0.4, 0.5) is 0 Å². The molecule has 4 rings (SSSR count). The second-order valence-corrected chi connectivity index (χ2v) is 10.2. The third-order valence-electron chi connectivity index (χ3n) is 6.14. The van der Waals surface area contributed by atoms with Crippen LogP contribution in [0.15, 0.2) is 29.2 Å². The van der Waals surface area contributed by atoms with E-state index in [-0.39, 0.29) is 17.5 Å². The van der Waals surface area contributed by atoms with Crippen molar-refractivity contribution < 1.29 is 14.1 Å². The third kappa shape index (κ3) is 3.14. The minimum absolute atomic E-state index is 0.0609. The number of carboxylic acids is 1. The Kier molecular flexibility index (Phi) is 4.49. The number of hydrogen-bond acceptors (Lipinski definition) is 3. The average Bonchev–Trinajstić information content (AvgIpc) is 3.01. The summed E-state index contributed by atoms with van der Waals surface area (Å²) in [6.45, 7) is 6.88. The van der Waals surface area contributed by atoms with Crippen molar-refractivity contribution in [3.63, 3.8) is 0 Å². The Hall–Kier alpha value is -1.95. The van der Waals surface area contributed by atoms with Gasteiger partial charge in [0.05, 0.1) is 28.3 Å². The summed E-state index contributed by atoms with van der Waals surface area (Å²) in [6, 6.07) is 7.82. The van der Waals surface area contributed by atoms with E-state index in [4.69, 9.17) is 0 Å². The highest BCUT2D eigenvalue weighted by molar-refractivity contribution is 7.84. The summed E-state index contributed by atoms with van der Waals surface area (Å²) in [5.74, 6) is -0.130. The molecule has 6 heteroatoms. The van der Waals surface area contributed by atoms with E-state index >= 15 is 0 Å². The van der Waals surface area contributed by atoms with Crippen molar-refractivity contribution in [2.45, 2.75) is 63.1 Å². The first kappa shape index (κ1) is 18.4. The highest BCUT2D eigenvalue weighted by Crippen LogP contribution is 2.45. The number of benzene rings is 1. The monoisotopic (exact) mass is 386 g/mol. The minimum Gasteiger partial charge on any atom is -0.476 e. The molecule has 27 heavy (non-hydrogen) atoms. The van der Waals surface area contributed by atoms with Crippen molar-refractivity contribution in [1.29, 1.82) is 0 Å². The van der Waals surface area contributed by atoms with Gasteiger partial charge in [-0.3, -0.25) is 8.89 Å². The number of carbonyl (C=O) groups is 1. The van der Waals surface area contributed by atoms with Gasteiger partial charge in [-0.1, -0.05) is 39.0 Å². The number of fused-ring (bicyclic) bond motifs is 3. The number of nitrogens with zero attached hydrogens (tertiary/aromatic N) is 2. The summed E-state index contributed by atoms with van der Waals surface area (Å²) in [6.07, 6.45) is 4.25. The van der Waals surface area contributed by atoms with E-state index in [1.165, 1.54) is 0 Å². The molecule has 1 N–H and O–H groups in total. The molecule has 1 aliphatic carbocycles. The van der Waals surface area contributed by atoms with E-state index in [1.807, 2.05) is 28.9 Å². The van der Waals surface area contributed by atoms with Gasteiger partial charge in [-0.15, -0.1) is 0 Å². The van der Waals surface area contributed by atoms with Crippen LogP contribution in [-0.2, 0) is 16.6 Å². The van der Waals surface area contributed by atoms with Crippen LogP contribution in [0.2, 0.25) is 0 Å². The quantitative estimate of drug-likeness (QED) is 0.816. The second-order valence-electron chi connectivity index (χ2n) is 8.78. The molecule has 2 aliphatic rings. The first-order valence-electron chi connectivity index (χ1n) is 9.60. The second kappa shape index (κ2) is 6.59. The predicted molar refractivity (Wildman–Crippen MR) is 105 cm³/mol. The average molecular weight is 387 g/mol. The Morgan fingerprint density at radius 1 is 1.19 bits per heavy atom. The Labute approximate surface area is 162 Å². The molecule has 5 nitrogen and oxygen atoms in total. The van der Waals surface area contributed by atoms with E-state index in [2.05, 4.69) is 25.9 Å². The SMILES string of the molecule is CC(C)(C)C1CCC(n2nc(C(=O)O)c3c2-c2ccccc2S(=O)C3)CC1. The van der Waals surface area contributed by atoms with Crippen molar-refractivity contribution in [2.75, 3.05) is 0 Å². The first-order chi connectivity index (χ1) is 12.8. The molecule has 0 bridgehead atoms. The van der Waals surface area contributed by atoms with Crippen LogP contribution in [-0.4, -0.2) is 25.1 Å². The number of carboxylic acid groups (broad SMARTS) is 1. The maximum absolute atomic E-state index is 12.6. The standard InChI is InChI=1S/C21H26N2O3S/c1-21(2,3)13-8-10-14(11-9-13)23-19-15-6-4-5-7-17(15)27(26)12-16(19)18(22-23)20(24)25/h4-7,13-14H,8-12H2,1-3H3,(H,24,25). The molecule has 1 atom stereocenters. The fraction of sp³-hybridized carbons (Fsp3) is 0.524. The van der Waals surface area contributed by atoms with Gasteiger partial charge in [0.2, 0.25) is 0 Å². The third-order valence-corrected chi connectivity index (χ3v) is 7.54. The largest absolute Gasteiger partial charge is 0.476 e. The zero-order valence-corrected chi connectivity index (χ0v) is 16.9. The van der Waals surface area contributed by atoms with E-state index in [0.29, 0.717) is 16.9 Å². The van der Waals surface area contributed by atoms with E-state index in [9.17, 15) is 14.1 Å². The van der Waals surface area contributed by atoms with Gasteiger partial charge < -0.3 is 5.11 Å². The Bertz CT molecular complexity index is 918. The zero-order valence-electron chi connectivity index (χ0n) is 16.1.